The van der Waals surface area contributed by atoms with E-state index in [-0.39, 0.29) is 0 Å². The molecule has 0 radical (unpaired) electrons. The number of hydrogen-bond acceptors (Lipinski definition) is 7. The summed E-state index contributed by atoms with van der Waals surface area (Å²) < 4.78 is 34.7. The first kappa shape index (κ1) is 32.2. The lowest BCUT2D eigenvalue weighted by molar-refractivity contribution is -0.308. The number of hydrogen-bond donors (Lipinski definition) is 1. The number of ether oxygens (including phenoxy) is 6. The average molecular weight is 549 g/mol. The Bertz CT molecular complexity index is 537. The van der Waals surface area contributed by atoms with Crippen molar-refractivity contribution in [2.75, 3.05) is 33.0 Å². The van der Waals surface area contributed by atoms with E-state index in [0.717, 1.165) is 51.4 Å². The maximum absolute atomic E-state index is 8.10. The molecular formula is C24H44Cl3NO6. The van der Waals surface area contributed by atoms with E-state index in [2.05, 4.69) is 27.7 Å². The van der Waals surface area contributed by atoms with Gasteiger partial charge in [-0.3, -0.25) is 5.41 Å². The van der Waals surface area contributed by atoms with Gasteiger partial charge >= 0.3 is 0 Å². The lowest BCUT2D eigenvalue weighted by Crippen LogP contribution is -2.62. The fraction of sp³-hybridized carbons (Fsp3) is 0.958. The van der Waals surface area contributed by atoms with Gasteiger partial charge in [0.2, 0.25) is 12.2 Å². The van der Waals surface area contributed by atoms with Crippen LogP contribution in [-0.2, 0) is 28.4 Å². The third-order valence-corrected chi connectivity index (χ3v) is 5.95. The van der Waals surface area contributed by atoms with E-state index in [0.29, 0.717) is 33.0 Å². The Labute approximate surface area is 220 Å². The lowest BCUT2D eigenvalue weighted by atomic mass is 9.98. The summed E-state index contributed by atoms with van der Waals surface area (Å²) in [5, 5.41) is 8.10. The summed E-state index contributed by atoms with van der Waals surface area (Å²) in [4.78, 5) is 0. The van der Waals surface area contributed by atoms with E-state index in [1.807, 2.05) is 0 Å². The molecule has 0 spiro atoms. The van der Waals surface area contributed by atoms with Crippen molar-refractivity contribution in [3.8, 4) is 0 Å². The van der Waals surface area contributed by atoms with Gasteiger partial charge in [-0.25, -0.2) is 0 Å². The molecule has 1 fully saturated rings. The number of alkyl halides is 3. The average Bonchev–Trinajstić information content (AvgIpc) is 2.79. The molecule has 0 amide bonds. The van der Waals surface area contributed by atoms with Crippen LogP contribution in [0.1, 0.15) is 79.1 Å². The zero-order chi connectivity index (χ0) is 25.4. The number of rotatable bonds is 18. The van der Waals surface area contributed by atoms with E-state index in [9.17, 15) is 0 Å². The molecule has 1 aliphatic heterocycles. The Morgan fingerprint density at radius 2 is 1.21 bits per heavy atom. The van der Waals surface area contributed by atoms with Crippen molar-refractivity contribution in [1.29, 1.82) is 5.41 Å². The van der Waals surface area contributed by atoms with Crippen LogP contribution in [0.4, 0.5) is 0 Å². The van der Waals surface area contributed by atoms with Crippen molar-refractivity contribution in [3.63, 3.8) is 0 Å². The molecule has 0 bridgehead atoms. The molecule has 1 N–H and O–H groups in total. The van der Waals surface area contributed by atoms with Gasteiger partial charge in [0.15, 0.2) is 0 Å². The highest BCUT2D eigenvalue weighted by Gasteiger charge is 2.50. The number of nitrogens with one attached hydrogen (secondary N) is 1. The molecule has 2 unspecified atom stereocenters. The van der Waals surface area contributed by atoms with Crippen LogP contribution in [0, 0.1) is 5.41 Å². The van der Waals surface area contributed by atoms with Gasteiger partial charge in [-0.2, -0.15) is 0 Å². The molecular weight excluding hydrogens is 505 g/mol. The van der Waals surface area contributed by atoms with Crippen LogP contribution in [-0.4, -0.2) is 73.4 Å². The van der Waals surface area contributed by atoms with Crippen molar-refractivity contribution in [2.45, 2.75) is 114 Å². The van der Waals surface area contributed by atoms with Crippen LogP contribution < -0.4 is 0 Å². The Morgan fingerprint density at radius 1 is 0.735 bits per heavy atom. The second-order valence-corrected chi connectivity index (χ2v) is 10.8. The van der Waals surface area contributed by atoms with Crippen molar-refractivity contribution in [2.24, 2.45) is 0 Å². The maximum Gasteiger partial charge on any atom is 0.265 e. The monoisotopic (exact) mass is 547 g/mol. The molecule has 1 saturated heterocycles. The topological polar surface area (TPSA) is 79.2 Å². The highest BCUT2D eigenvalue weighted by Crippen LogP contribution is 2.33. The van der Waals surface area contributed by atoms with E-state index in [1.165, 1.54) is 0 Å². The summed E-state index contributed by atoms with van der Waals surface area (Å²) >= 11 is 17.7. The molecule has 202 valence electrons. The van der Waals surface area contributed by atoms with Gasteiger partial charge in [-0.15, -0.1) is 0 Å². The molecule has 0 aromatic rings. The van der Waals surface area contributed by atoms with Crippen molar-refractivity contribution in [1.82, 2.24) is 0 Å². The molecule has 0 aromatic carbocycles. The minimum absolute atomic E-state index is 0.299. The van der Waals surface area contributed by atoms with Crippen molar-refractivity contribution >= 4 is 40.7 Å². The molecule has 7 nitrogen and oxygen atoms in total. The van der Waals surface area contributed by atoms with Crippen molar-refractivity contribution < 1.29 is 28.4 Å². The van der Waals surface area contributed by atoms with Gasteiger partial charge in [0.25, 0.3) is 3.79 Å². The maximum atomic E-state index is 8.10. The second-order valence-electron chi connectivity index (χ2n) is 8.48. The molecule has 0 aromatic heterocycles. The zero-order valence-electron chi connectivity index (χ0n) is 21.2. The quantitative estimate of drug-likeness (QED) is 0.0918. The van der Waals surface area contributed by atoms with E-state index in [1.54, 1.807) is 0 Å². The number of halogens is 3. The third-order valence-electron chi connectivity index (χ3n) is 5.43. The van der Waals surface area contributed by atoms with Gasteiger partial charge in [-0.1, -0.05) is 88.2 Å². The van der Waals surface area contributed by atoms with Crippen LogP contribution in [0.15, 0.2) is 0 Å². The first-order chi connectivity index (χ1) is 16.3. The molecule has 1 heterocycles. The Hall–Kier alpha value is 0.140. The summed E-state index contributed by atoms with van der Waals surface area (Å²) in [6, 6.07) is 0. The molecule has 5 atom stereocenters. The highest BCUT2D eigenvalue weighted by atomic mass is 35.6. The molecule has 1 rings (SSSR count). The molecule has 0 saturated carbocycles. The third kappa shape index (κ3) is 11.9. The van der Waals surface area contributed by atoms with E-state index < -0.39 is 40.4 Å². The van der Waals surface area contributed by atoms with Gasteiger partial charge in [0.1, 0.15) is 24.4 Å². The smallest absolute Gasteiger partial charge is 0.265 e. The number of unbranched alkanes of at least 4 members (excludes halogenated alkanes) is 4. The van der Waals surface area contributed by atoms with E-state index >= 15 is 0 Å². The Balaban J connectivity index is 3.19. The molecule has 0 aliphatic carbocycles. The SMILES string of the molecule is CCCCOCC1O[C@@H](OC(=N)C(Cl)(Cl)Cl)[C@@H](OCCCC)C(OCCCC)[C@@H]1OCCCC. The first-order valence-electron chi connectivity index (χ1n) is 12.7. The summed E-state index contributed by atoms with van der Waals surface area (Å²) in [5.41, 5.74) is 0. The fourth-order valence-electron chi connectivity index (χ4n) is 3.39. The minimum atomic E-state index is -2.02. The van der Waals surface area contributed by atoms with Gasteiger partial charge in [0.05, 0.1) is 6.61 Å². The Kier molecular flexibility index (Phi) is 17.4. The van der Waals surface area contributed by atoms with Crippen LogP contribution >= 0.6 is 34.8 Å². The standard InChI is InChI=1S/C24H44Cl3NO6/c1-5-9-13-29-17-18-19(30-14-10-6-2)20(31-15-11-7-3)21(32-16-12-8-4)22(33-18)34-23(28)24(25,26)27/h18-22,28H,5-17H2,1-4H3/t18?,19-,20?,21+,22+/m1/s1. The lowest BCUT2D eigenvalue weighted by Gasteiger charge is -2.46. The summed E-state index contributed by atoms with van der Waals surface area (Å²) in [6.07, 6.45) is 4.57. The van der Waals surface area contributed by atoms with Crippen LogP contribution in [0.3, 0.4) is 0 Å². The molecule has 34 heavy (non-hydrogen) atoms. The zero-order valence-corrected chi connectivity index (χ0v) is 23.4. The summed E-state index contributed by atoms with van der Waals surface area (Å²) in [5.74, 6) is -0.532. The fourth-order valence-corrected chi connectivity index (χ4v) is 3.53. The first-order valence-corrected chi connectivity index (χ1v) is 13.8. The predicted molar refractivity (Wildman–Crippen MR) is 137 cm³/mol. The summed E-state index contributed by atoms with van der Waals surface area (Å²) in [6.45, 7) is 10.9. The normalized spacial score (nSPS) is 25.4. The van der Waals surface area contributed by atoms with Gasteiger partial charge in [0, 0.05) is 26.4 Å². The largest absolute Gasteiger partial charge is 0.445 e. The Morgan fingerprint density at radius 3 is 1.71 bits per heavy atom. The van der Waals surface area contributed by atoms with Gasteiger partial charge < -0.3 is 28.4 Å². The second kappa shape index (κ2) is 18.4. The predicted octanol–water partition coefficient (Wildman–Crippen LogP) is 6.45. The minimum Gasteiger partial charge on any atom is -0.445 e. The summed E-state index contributed by atoms with van der Waals surface area (Å²) in [7, 11) is 0. The van der Waals surface area contributed by atoms with Crippen LogP contribution in [0.5, 0.6) is 0 Å². The van der Waals surface area contributed by atoms with Crippen molar-refractivity contribution in [3.05, 3.63) is 0 Å². The van der Waals surface area contributed by atoms with Crippen LogP contribution in [0.25, 0.3) is 0 Å². The molecule has 1 aliphatic rings. The van der Waals surface area contributed by atoms with Gasteiger partial charge in [-0.05, 0) is 25.7 Å². The van der Waals surface area contributed by atoms with E-state index in [4.69, 9.17) is 68.6 Å². The highest BCUT2D eigenvalue weighted by molar-refractivity contribution is 6.76. The molecule has 10 heteroatoms. The van der Waals surface area contributed by atoms with Crippen LogP contribution in [0.2, 0.25) is 0 Å².